The minimum Gasteiger partial charge on any atom is -0.334 e. The topological polar surface area (TPSA) is 63.9 Å². The van der Waals surface area contributed by atoms with E-state index in [4.69, 9.17) is 0 Å². The van der Waals surface area contributed by atoms with Gasteiger partial charge in [-0.25, -0.2) is 4.68 Å². The van der Waals surface area contributed by atoms with Crippen LogP contribution in [-0.4, -0.2) is 37.6 Å². The van der Waals surface area contributed by atoms with E-state index in [9.17, 15) is 4.79 Å². The summed E-state index contributed by atoms with van der Waals surface area (Å²) in [6.45, 7) is 7.16. The number of carbonyl (C=O) groups is 1. The second-order valence-electron chi connectivity index (χ2n) is 6.71. The van der Waals surface area contributed by atoms with Crippen LogP contribution in [-0.2, 0) is 16.8 Å². The lowest BCUT2D eigenvalue weighted by Gasteiger charge is -2.25. The molecule has 0 aromatic carbocycles. The molecule has 2 aromatic heterocycles. The molecule has 0 bridgehead atoms. The molecular formula is C15H21N5OS. The molecule has 1 aliphatic heterocycles. The van der Waals surface area contributed by atoms with Gasteiger partial charge >= 0.3 is 0 Å². The first-order valence-corrected chi connectivity index (χ1v) is 8.49. The third-order valence-electron chi connectivity index (χ3n) is 3.99. The highest BCUT2D eigenvalue weighted by molar-refractivity contribution is 7.07. The van der Waals surface area contributed by atoms with Crippen molar-refractivity contribution >= 4 is 17.2 Å². The van der Waals surface area contributed by atoms with Crippen LogP contribution in [0.25, 0.3) is 0 Å². The van der Waals surface area contributed by atoms with Crippen molar-refractivity contribution in [2.24, 2.45) is 0 Å². The normalized spacial score (nSPS) is 18.9. The van der Waals surface area contributed by atoms with Gasteiger partial charge in [0.05, 0.1) is 6.04 Å². The van der Waals surface area contributed by atoms with Crippen molar-refractivity contribution in [1.82, 2.24) is 25.1 Å². The molecule has 3 rings (SSSR count). The lowest BCUT2D eigenvalue weighted by molar-refractivity contribution is -0.133. The van der Waals surface area contributed by atoms with Gasteiger partial charge in [-0.3, -0.25) is 4.79 Å². The Hall–Kier alpha value is -1.76. The fourth-order valence-corrected chi connectivity index (χ4v) is 3.65. The zero-order valence-corrected chi connectivity index (χ0v) is 14.0. The second kappa shape index (κ2) is 5.79. The van der Waals surface area contributed by atoms with Crippen molar-refractivity contribution in [3.63, 3.8) is 0 Å². The lowest BCUT2D eigenvalue weighted by atomic mass is 9.96. The van der Waals surface area contributed by atoms with Gasteiger partial charge in [0, 0.05) is 12.0 Å². The Bertz CT molecular complexity index is 643. The second-order valence-corrected chi connectivity index (χ2v) is 7.49. The molecule has 2 aromatic rings. The molecule has 0 radical (unpaired) electrons. The number of carbonyl (C=O) groups excluding carboxylic acids is 1. The van der Waals surface area contributed by atoms with E-state index in [2.05, 4.69) is 32.4 Å². The molecule has 22 heavy (non-hydrogen) atoms. The maximum Gasteiger partial charge on any atom is 0.244 e. The largest absolute Gasteiger partial charge is 0.334 e. The van der Waals surface area contributed by atoms with Crippen LogP contribution in [0.4, 0.5) is 0 Å². The average Bonchev–Trinajstić information content (AvgIpc) is 3.18. The van der Waals surface area contributed by atoms with Crippen LogP contribution in [0.3, 0.4) is 0 Å². The van der Waals surface area contributed by atoms with Crippen LogP contribution in [0, 0.1) is 0 Å². The number of hydrogen-bond acceptors (Lipinski definition) is 5. The SMILES string of the molecule is CC(C)(C)c1nnnn1CC(=O)N1CCC[C@H]1c1ccsc1. The van der Waals surface area contributed by atoms with Gasteiger partial charge < -0.3 is 4.90 Å². The molecule has 3 heterocycles. The van der Waals surface area contributed by atoms with Crippen molar-refractivity contribution < 1.29 is 4.79 Å². The number of amides is 1. The molecule has 0 aliphatic carbocycles. The van der Waals surface area contributed by atoms with Gasteiger partial charge in [-0.1, -0.05) is 20.8 Å². The number of nitrogens with zero attached hydrogens (tertiary/aromatic N) is 5. The highest BCUT2D eigenvalue weighted by Crippen LogP contribution is 2.33. The van der Waals surface area contributed by atoms with Crippen molar-refractivity contribution in [3.8, 4) is 0 Å². The van der Waals surface area contributed by atoms with Gasteiger partial charge in [-0.15, -0.1) is 5.10 Å². The third kappa shape index (κ3) is 2.90. The Kier molecular flexibility index (Phi) is 3.99. The van der Waals surface area contributed by atoms with Gasteiger partial charge in [0.2, 0.25) is 5.91 Å². The van der Waals surface area contributed by atoms with Crippen LogP contribution in [0.15, 0.2) is 16.8 Å². The fraction of sp³-hybridized carbons (Fsp3) is 0.600. The number of tetrazole rings is 1. The van der Waals surface area contributed by atoms with Crippen molar-refractivity contribution in [3.05, 3.63) is 28.2 Å². The first-order chi connectivity index (χ1) is 10.5. The zero-order chi connectivity index (χ0) is 15.7. The molecule has 0 saturated carbocycles. The molecule has 0 unspecified atom stereocenters. The molecule has 0 N–H and O–H groups in total. The average molecular weight is 319 g/mol. The zero-order valence-electron chi connectivity index (χ0n) is 13.2. The lowest BCUT2D eigenvalue weighted by Crippen LogP contribution is -2.35. The van der Waals surface area contributed by atoms with Crippen molar-refractivity contribution in [2.75, 3.05) is 6.54 Å². The van der Waals surface area contributed by atoms with Gasteiger partial charge in [-0.2, -0.15) is 11.3 Å². The minimum atomic E-state index is -0.179. The van der Waals surface area contributed by atoms with Gasteiger partial charge in [0.1, 0.15) is 6.54 Å². The van der Waals surface area contributed by atoms with E-state index in [-0.39, 0.29) is 23.9 Å². The van der Waals surface area contributed by atoms with Gasteiger partial charge in [0.25, 0.3) is 0 Å². The quantitative estimate of drug-likeness (QED) is 0.871. The highest BCUT2D eigenvalue weighted by atomic mass is 32.1. The van der Waals surface area contributed by atoms with E-state index >= 15 is 0 Å². The van der Waals surface area contributed by atoms with E-state index < -0.39 is 0 Å². The van der Waals surface area contributed by atoms with Gasteiger partial charge in [0.15, 0.2) is 5.82 Å². The number of rotatable bonds is 3. The number of thiophene rings is 1. The molecule has 1 aliphatic rings. The van der Waals surface area contributed by atoms with E-state index in [0.29, 0.717) is 0 Å². The number of hydrogen-bond donors (Lipinski definition) is 0. The molecule has 1 fully saturated rings. The molecule has 1 atom stereocenters. The predicted molar refractivity (Wildman–Crippen MR) is 84.5 cm³/mol. The van der Waals surface area contributed by atoms with Crippen LogP contribution in [0.1, 0.15) is 51.0 Å². The van der Waals surface area contributed by atoms with Crippen LogP contribution < -0.4 is 0 Å². The number of aromatic nitrogens is 4. The molecular weight excluding hydrogens is 298 g/mol. The maximum atomic E-state index is 12.7. The van der Waals surface area contributed by atoms with Crippen LogP contribution >= 0.6 is 11.3 Å². The van der Waals surface area contributed by atoms with E-state index in [1.54, 1.807) is 16.0 Å². The Balaban J connectivity index is 1.76. The third-order valence-corrected chi connectivity index (χ3v) is 4.69. The standard InChI is InChI=1S/C15H21N5OS/c1-15(2,3)14-16-17-18-20(14)9-13(21)19-7-4-5-12(19)11-6-8-22-10-11/h6,8,10,12H,4-5,7,9H2,1-3H3/t12-/m0/s1. The van der Waals surface area contributed by atoms with Crippen molar-refractivity contribution in [2.45, 2.75) is 51.6 Å². The molecule has 0 spiro atoms. The Morgan fingerprint density at radius 2 is 2.27 bits per heavy atom. The van der Waals surface area contributed by atoms with Gasteiger partial charge in [-0.05, 0) is 45.7 Å². The smallest absolute Gasteiger partial charge is 0.244 e. The molecule has 1 amide bonds. The number of likely N-dealkylation sites (tertiary alicyclic amines) is 1. The summed E-state index contributed by atoms with van der Waals surface area (Å²) in [6, 6.07) is 2.31. The fourth-order valence-electron chi connectivity index (χ4n) is 2.94. The first kappa shape index (κ1) is 15.1. The Morgan fingerprint density at radius 1 is 1.45 bits per heavy atom. The highest BCUT2D eigenvalue weighted by Gasteiger charge is 2.31. The molecule has 6 nitrogen and oxygen atoms in total. The Morgan fingerprint density at radius 3 is 2.95 bits per heavy atom. The summed E-state index contributed by atoms with van der Waals surface area (Å²) in [4.78, 5) is 14.7. The summed E-state index contributed by atoms with van der Waals surface area (Å²) in [5, 5.41) is 16.0. The summed E-state index contributed by atoms with van der Waals surface area (Å²) in [5.41, 5.74) is 1.06. The molecule has 118 valence electrons. The monoisotopic (exact) mass is 319 g/mol. The predicted octanol–water partition coefficient (Wildman–Crippen LogP) is 2.40. The molecule has 1 saturated heterocycles. The summed E-state index contributed by atoms with van der Waals surface area (Å²) in [5.74, 6) is 0.832. The molecule has 7 heteroatoms. The van der Waals surface area contributed by atoms with Crippen LogP contribution in [0.5, 0.6) is 0 Å². The van der Waals surface area contributed by atoms with Crippen LogP contribution in [0.2, 0.25) is 0 Å². The summed E-state index contributed by atoms with van der Waals surface area (Å²) >= 11 is 1.68. The van der Waals surface area contributed by atoms with E-state index in [1.807, 2.05) is 25.7 Å². The first-order valence-electron chi connectivity index (χ1n) is 7.55. The summed E-state index contributed by atoms with van der Waals surface area (Å²) in [7, 11) is 0. The van der Waals surface area contributed by atoms with E-state index in [0.717, 1.165) is 25.2 Å². The summed E-state index contributed by atoms with van der Waals surface area (Å²) < 4.78 is 1.63. The van der Waals surface area contributed by atoms with Crippen molar-refractivity contribution in [1.29, 1.82) is 0 Å². The summed E-state index contributed by atoms with van der Waals surface area (Å²) in [6.07, 6.45) is 2.08. The minimum absolute atomic E-state index is 0.0894. The maximum absolute atomic E-state index is 12.7. The van der Waals surface area contributed by atoms with E-state index in [1.165, 1.54) is 5.56 Å². The Labute approximate surface area is 134 Å².